The molecule has 96 valence electrons. The van der Waals surface area contributed by atoms with Crippen molar-refractivity contribution in [3.8, 4) is 0 Å². The molecular weight excluding hydrogens is 218 g/mol. The quantitative estimate of drug-likeness (QED) is 0.794. The fourth-order valence-corrected chi connectivity index (χ4v) is 5.71. The molecular formula is C17H23N. The summed E-state index contributed by atoms with van der Waals surface area (Å²) in [6.45, 7) is 0. The maximum atomic E-state index is 7.11. The van der Waals surface area contributed by atoms with E-state index in [1.807, 2.05) is 0 Å². The second-order valence-corrected chi connectivity index (χ2v) is 6.81. The van der Waals surface area contributed by atoms with Crippen LogP contribution in [0.5, 0.6) is 0 Å². The van der Waals surface area contributed by atoms with Gasteiger partial charge >= 0.3 is 0 Å². The van der Waals surface area contributed by atoms with Gasteiger partial charge in [0.15, 0.2) is 0 Å². The Kier molecular flexibility index (Phi) is 2.21. The Morgan fingerprint density at radius 3 is 2.33 bits per heavy atom. The molecule has 4 rings (SSSR count). The molecule has 0 amide bonds. The van der Waals surface area contributed by atoms with Gasteiger partial charge in [0.1, 0.15) is 0 Å². The van der Waals surface area contributed by atoms with Crippen LogP contribution in [0.15, 0.2) is 30.3 Å². The molecule has 1 unspecified atom stereocenters. The van der Waals surface area contributed by atoms with Crippen LogP contribution in [-0.4, -0.2) is 0 Å². The molecule has 1 nitrogen and oxygen atoms in total. The van der Waals surface area contributed by atoms with Crippen LogP contribution in [0.1, 0.15) is 50.5 Å². The zero-order chi connectivity index (χ0) is 12.2. The molecule has 0 saturated heterocycles. The van der Waals surface area contributed by atoms with Crippen LogP contribution in [0, 0.1) is 17.3 Å². The van der Waals surface area contributed by atoms with Crippen molar-refractivity contribution < 1.29 is 0 Å². The van der Waals surface area contributed by atoms with Crippen molar-refractivity contribution in [2.75, 3.05) is 0 Å². The zero-order valence-corrected chi connectivity index (χ0v) is 11.1. The van der Waals surface area contributed by atoms with Crippen LogP contribution in [-0.2, 0) is 5.54 Å². The average Bonchev–Trinajstić information content (AvgIpc) is 3.11. The van der Waals surface area contributed by atoms with Crippen molar-refractivity contribution in [1.82, 2.24) is 0 Å². The number of nitrogens with two attached hydrogens (primary N) is 1. The number of benzene rings is 1. The predicted octanol–water partition coefficient (Wildman–Crippen LogP) is 3.83. The summed E-state index contributed by atoms with van der Waals surface area (Å²) in [6, 6.07) is 11.0. The molecule has 1 spiro atoms. The first-order chi connectivity index (χ1) is 8.77. The first-order valence-electron chi connectivity index (χ1n) is 7.62. The van der Waals surface area contributed by atoms with Crippen molar-refractivity contribution in [1.29, 1.82) is 0 Å². The molecule has 3 aliphatic rings. The van der Waals surface area contributed by atoms with E-state index >= 15 is 0 Å². The highest BCUT2D eigenvalue weighted by atomic mass is 14.9. The van der Waals surface area contributed by atoms with Gasteiger partial charge in [0.05, 0.1) is 0 Å². The number of rotatable bonds is 1. The minimum absolute atomic E-state index is 0.0202. The molecule has 3 atom stereocenters. The molecule has 1 heteroatoms. The number of fused-ring (bicyclic) bond motifs is 3. The van der Waals surface area contributed by atoms with E-state index in [4.69, 9.17) is 5.73 Å². The van der Waals surface area contributed by atoms with Crippen LogP contribution in [0.2, 0.25) is 0 Å². The Balaban J connectivity index is 1.87. The second-order valence-electron chi connectivity index (χ2n) is 6.81. The predicted molar refractivity (Wildman–Crippen MR) is 74.0 cm³/mol. The third-order valence-corrected chi connectivity index (χ3v) is 6.43. The van der Waals surface area contributed by atoms with E-state index in [1.165, 1.54) is 50.5 Å². The minimum Gasteiger partial charge on any atom is -0.321 e. The molecule has 0 radical (unpaired) electrons. The third-order valence-electron chi connectivity index (χ3n) is 6.43. The molecule has 0 heterocycles. The minimum atomic E-state index is -0.0202. The Morgan fingerprint density at radius 1 is 0.944 bits per heavy atom. The van der Waals surface area contributed by atoms with Gasteiger partial charge in [-0.05, 0) is 54.9 Å². The van der Waals surface area contributed by atoms with E-state index in [0.29, 0.717) is 5.41 Å². The third kappa shape index (κ3) is 1.12. The zero-order valence-electron chi connectivity index (χ0n) is 11.1. The van der Waals surface area contributed by atoms with Crippen molar-refractivity contribution in [2.45, 2.75) is 50.5 Å². The Hall–Kier alpha value is -0.820. The molecule has 3 aliphatic carbocycles. The largest absolute Gasteiger partial charge is 0.321 e. The highest BCUT2D eigenvalue weighted by molar-refractivity contribution is 5.34. The molecule has 3 saturated carbocycles. The van der Waals surface area contributed by atoms with Crippen LogP contribution in [0.3, 0.4) is 0 Å². The second kappa shape index (κ2) is 3.60. The van der Waals surface area contributed by atoms with E-state index in [2.05, 4.69) is 30.3 Å². The lowest BCUT2D eigenvalue weighted by Gasteiger charge is -2.50. The normalized spacial score (nSPS) is 40.7. The summed E-state index contributed by atoms with van der Waals surface area (Å²) in [4.78, 5) is 0. The van der Waals surface area contributed by atoms with Gasteiger partial charge in [0.25, 0.3) is 0 Å². The van der Waals surface area contributed by atoms with Crippen LogP contribution in [0.4, 0.5) is 0 Å². The van der Waals surface area contributed by atoms with Gasteiger partial charge in [-0.1, -0.05) is 43.2 Å². The first kappa shape index (κ1) is 11.0. The van der Waals surface area contributed by atoms with Crippen LogP contribution in [0.25, 0.3) is 0 Å². The van der Waals surface area contributed by atoms with E-state index in [1.54, 1.807) is 0 Å². The molecule has 2 bridgehead atoms. The van der Waals surface area contributed by atoms with Gasteiger partial charge in [-0.2, -0.15) is 0 Å². The van der Waals surface area contributed by atoms with Gasteiger partial charge in [-0.25, -0.2) is 0 Å². The molecule has 2 N–H and O–H groups in total. The Morgan fingerprint density at radius 2 is 1.61 bits per heavy atom. The lowest BCUT2D eigenvalue weighted by Crippen LogP contribution is -2.55. The molecule has 3 fully saturated rings. The van der Waals surface area contributed by atoms with E-state index in [-0.39, 0.29) is 5.54 Å². The molecule has 0 aromatic heterocycles. The summed E-state index contributed by atoms with van der Waals surface area (Å²) in [6.07, 6.45) is 9.74. The highest BCUT2D eigenvalue weighted by Gasteiger charge is 2.66. The molecule has 18 heavy (non-hydrogen) atoms. The van der Waals surface area contributed by atoms with Crippen molar-refractivity contribution in [3.05, 3.63) is 35.9 Å². The van der Waals surface area contributed by atoms with Crippen LogP contribution >= 0.6 is 0 Å². The van der Waals surface area contributed by atoms with Crippen molar-refractivity contribution in [3.63, 3.8) is 0 Å². The topological polar surface area (TPSA) is 26.0 Å². The van der Waals surface area contributed by atoms with Crippen LogP contribution < -0.4 is 5.73 Å². The van der Waals surface area contributed by atoms with Gasteiger partial charge in [0.2, 0.25) is 0 Å². The highest BCUT2D eigenvalue weighted by Crippen LogP contribution is 2.70. The maximum absolute atomic E-state index is 7.11. The fourth-order valence-electron chi connectivity index (χ4n) is 5.71. The first-order valence-corrected chi connectivity index (χ1v) is 7.62. The number of hydrogen-bond donors (Lipinski definition) is 1. The SMILES string of the molecule is N[C@]1(c2ccccc2)[C@@H]2CCC(C2)C12CCCC2. The Bertz CT molecular complexity index is 446. The van der Waals surface area contributed by atoms with Gasteiger partial charge in [0, 0.05) is 5.54 Å². The van der Waals surface area contributed by atoms with Gasteiger partial charge < -0.3 is 5.73 Å². The van der Waals surface area contributed by atoms with E-state index < -0.39 is 0 Å². The van der Waals surface area contributed by atoms with Crippen molar-refractivity contribution >= 4 is 0 Å². The lowest BCUT2D eigenvalue weighted by atomic mass is 9.58. The molecule has 0 aliphatic heterocycles. The number of hydrogen-bond acceptors (Lipinski definition) is 1. The van der Waals surface area contributed by atoms with E-state index in [9.17, 15) is 0 Å². The van der Waals surface area contributed by atoms with E-state index in [0.717, 1.165) is 11.8 Å². The van der Waals surface area contributed by atoms with Gasteiger partial charge in [-0.15, -0.1) is 0 Å². The molecule has 1 aromatic carbocycles. The summed E-state index contributed by atoms with van der Waals surface area (Å²) in [5.41, 5.74) is 8.94. The summed E-state index contributed by atoms with van der Waals surface area (Å²) < 4.78 is 0. The summed E-state index contributed by atoms with van der Waals surface area (Å²) >= 11 is 0. The fraction of sp³-hybridized carbons (Fsp3) is 0.647. The maximum Gasteiger partial charge on any atom is 0.0497 e. The Labute approximate surface area is 110 Å². The average molecular weight is 241 g/mol. The smallest absolute Gasteiger partial charge is 0.0497 e. The summed E-state index contributed by atoms with van der Waals surface area (Å²) in [5.74, 6) is 1.65. The standard InChI is InChI=1S/C17H23N/c18-17(13-6-2-1-3-7-13)15-9-8-14(12-15)16(17)10-4-5-11-16/h1-3,6-7,14-15H,4-5,8-12,18H2/t14?,15-,17-/m1/s1. The van der Waals surface area contributed by atoms with Crippen molar-refractivity contribution in [2.24, 2.45) is 23.0 Å². The summed E-state index contributed by atoms with van der Waals surface area (Å²) in [5, 5.41) is 0. The lowest BCUT2D eigenvalue weighted by molar-refractivity contribution is 0.0513. The summed E-state index contributed by atoms with van der Waals surface area (Å²) in [7, 11) is 0. The molecule has 1 aromatic rings. The monoisotopic (exact) mass is 241 g/mol. The van der Waals surface area contributed by atoms with Gasteiger partial charge in [-0.3, -0.25) is 0 Å².